The largest absolute Gasteiger partial charge is 0.476 e. The van der Waals surface area contributed by atoms with Gasteiger partial charge < -0.3 is 10.1 Å². The molecule has 0 aliphatic heterocycles. The van der Waals surface area contributed by atoms with Gasteiger partial charge in [-0.15, -0.1) is 0 Å². The van der Waals surface area contributed by atoms with Crippen molar-refractivity contribution >= 4 is 17.7 Å². The number of aromatic amines is 1. The fourth-order valence-electron chi connectivity index (χ4n) is 1.21. The first kappa shape index (κ1) is 11.1. The minimum absolute atomic E-state index is 0.156. The number of imidazole rings is 1. The molecule has 0 unspecified atom stereocenters. The van der Waals surface area contributed by atoms with Gasteiger partial charge in [-0.05, 0) is 18.6 Å². The maximum Gasteiger partial charge on any atom is 0.356 e. The van der Waals surface area contributed by atoms with Crippen molar-refractivity contribution in [2.75, 3.05) is 6.26 Å². The van der Waals surface area contributed by atoms with Crippen LogP contribution in [-0.2, 0) is 6.42 Å². The molecule has 0 atom stereocenters. The van der Waals surface area contributed by atoms with Crippen molar-refractivity contribution < 1.29 is 9.90 Å². The highest BCUT2D eigenvalue weighted by atomic mass is 32.2. The van der Waals surface area contributed by atoms with E-state index in [-0.39, 0.29) is 5.69 Å². The molecule has 0 bridgehead atoms. The van der Waals surface area contributed by atoms with E-state index in [2.05, 4.69) is 9.97 Å². The second-order valence-electron chi connectivity index (χ2n) is 3.48. The summed E-state index contributed by atoms with van der Waals surface area (Å²) in [5.74, 6) is -0.541. The number of nitrogens with zero attached hydrogens (tertiary/aromatic N) is 1. The molecule has 4 nitrogen and oxygen atoms in total. The van der Waals surface area contributed by atoms with Crippen LogP contribution in [0.2, 0.25) is 0 Å². The van der Waals surface area contributed by atoms with Gasteiger partial charge in [0.05, 0.1) is 5.69 Å². The predicted octanol–water partition coefficient (Wildman–Crippen LogP) is 2.03. The first-order valence-corrected chi connectivity index (χ1v) is 5.63. The van der Waals surface area contributed by atoms with E-state index in [9.17, 15) is 4.79 Å². The summed E-state index contributed by atoms with van der Waals surface area (Å²) in [4.78, 5) is 17.8. The lowest BCUT2D eigenvalue weighted by Crippen LogP contribution is -2.04. The zero-order valence-corrected chi connectivity index (χ0v) is 9.31. The Balaban J connectivity index is 2.99. The first-order valence-electron chi connectivity index (χ1n) is 4.40. The van der Waals surface area contributed by atoms with Crippen LogP contribution in [0, 0.1) is 5.92 Å². The summed E-state index contributed by atoms with van der Waals surface area (Å²) >= 11 is 1.42. The number of carboxylic acids is 1. The highest BCUT2D eigenvalue weighted by molar-refractivity contribution is 7.98. The molecule has 1 aromatic heterocycles. The van der Waals surface area contributed by atoms with Crippen molar-refractivity contribution in [2.45, 2.75) is 25.4 Å². The summed E-state index contributed by atoms with van der Waals surface area (Å²) < 4.78 is 0. The molecule has 0 saturated carbocycles. The van der Waals surface area contributed by atoms with Crippen LogP contribution < -0.4 is 0 Å². The zero-order valence-electron chi connectivity index (χ0n) is 8.50. The van der Waals surface area contributed by atoms with Crippen molar-refractivity contribution in [1.82, 2.24) is 9.97 Å². The van der Waals surface area contributed by atoms with Gasteiger partial charge in [-0.3, -0.25) is 0 Å². The van der Waals surface area contributed by atoms with Gasteiger partial charge in [0, 0.05) is 0 Å². The van der Waals surface area contributed by atoms with Crippen LogP contribution in [0.4, 0.5) is 0 Å². The molecular formula is C9H14N2O2S. The Labute approximate surface area is 87.1 Å². The van der Waals surface area contributed by atoms with Gasteiger partial charge in [0.1, 0.15) is 0 Å². The summed E-state index contributed by atoms with van der Waals surface area (Å²) in [5, 5.41) is 9.56. The number of H-pyrrole nitrogens is 1. The fourth-order valence-corrected chi connectivity index (χ4v) is 1.62. The highest BCUT2D eigenvalue weighted by Crippen LogP contribution is 2.17. The standard InChI is InChI=1S/C9H14N2O2S/c1-5(2)4-6-7(8(12)13)11-9(10-6)14-3/h5H,4H2,1-3H3,(H,10,11)(H,12,13). The van der Waals surface area contributed by atoms with Crippen molar-refractivity contribution in [3.05, 3.63) is 11.4 Å². The second-order valence-corrected chi connectivity index (χ2v) is 4.27. The average Bonchev–Trinajstić information content (AvgIpc) is 2.46. The molecule has 0 aromatic carbocycles. The topological polar surface area (TPSA) is 66.0 Å². The van der Waals surface area contributed by atoms with E-state index in [4.69, 9.17) is 5.11 Å². The van der Waals surface area contributed by atoms with E-state index < -0.39 is 5.97 Å². The first-order chi connectivity index (χ1) is 6.54. The van der Waals surface area contributed by atoms with Gasteiger partial charge in [-0.2, -0.15) is 0 Å². The number of rotatable bonds is 4. The van der Waals surface area contributed by atoms with Gasteiger partial charge in [0.15, 0.2) is 10.9 Å². The highest BCUT2D eigenvalue weighted by Gasteiger charge is 2.16. The number of hydrogen-bond acceptors (Lipinski definition) is 3. The Morgan fingerprint density at radius 2 is 2.29 bits per heavy atom. The fraction of sp³-hybridized carbons (Fsp3) is 0.556. The molecule has 0 saturated heterocycles. The summed E-state index contributed by atoms with van der Waals surface area (Å²) in [5.41, 5.74) is 0.875. The third-order valence-corrected chi connectivity index (χ3v) is 2.35. The van der Waals surface area contributed by atoms with Crippen LogP contribution in [0.1, 0.15) is 30.0 Å². The van der Waals surface area contributed by atoms with Crippen LogP contribution in [0.3, 0.4) is 0 Å². The molecule has 1 rings (SSSR count). The third kappa shape index (κ3) is 2.51. The van der Waals surface area contributed by atoms with Crippen LogP contribution in [0.15, 0.2) is 5.16 Å². The third-order valence-electron chi connectivity index (χ3n) is 1.77. The Hall–Kier alpha value is -0.970. The lowest BCUT2D eigenvalue weighted by Gasteiger charge is -2.01. The van der Waals surface area contributed by atoms with Gasteiger partial charge in [-0.25, -0.2) is 9.78 Å². The summed E-state index contributed by atoms with van der Waals surface area (Å²) in [6.07, 6.45) is 2.58. The lowest BCUT2D eigenvalue weighted by atomic mass is 10.1. The molecule has 1 aromatic rings. The molecule has 0 spiro atoms. The normalized spacial score (nSPS) is 10.9. The minimum Gasteiger partial charge on any atom is -0.476 e. The van der Waals surface area contributed by atoms with E-state index in [0.29, 0.717) is 11.1 Å². The van der Waals surface area contributed by atoms with E-state index in [1.54, 1.807) is 0 Å². The maximum absolute atomic E-state index is 10.8. The van der Waals surface area contributed by atoms with Crippen molar-refractivity contribution in [3.63, 3.8) is 0 Å². The number of carboxylic acid groups (broad SMARTS) is 1. The number of carbonyl (C=O) groups is 1. The van der Waals surface area contributed by atoms with Crippen molar-refractivity contribution in [3.8, 4) is 0 Å². The van der Waals surface area contributed by atoms with E-state index in [1.165, 1.54) is 11.8 Å². The van der Waals surface area contributed by atoms with Crippen molar-refractivity contribution in [1.29, 1.82) is 0 Å². The molecule has 0 amide bonds. The van der Waals surface area contributed by atoms with Gasteiger partial charge in [0.2, 0.25) is 0 Å². The number of thioether (sulfide) groups is 1. The quantitative estimate of drug-likeness (QED) is 0.753. The molecular weight excluding hydrogens is 200 g/mol. The molecule has 78 valence electrons. The Kier molecular flexibility index (Phi) is 3.57. The molecule has 0 aliphatic rings. The van der Waals surface area contributed by atoms with Gasteiger partial charge >= 0.3 is 5.97 Å². The van der Waals surface area contributed by atoms with Gasteiger partial charge in [0.25, 0.3) is 0 Å². The van der Waals surface area contributed by atoms with E-state index in [0.717, 1.165) is 12.1 Å². The Morgan fingerprint density at radius 3 is 2.71 bits per heavy atom. The SMILES string of the molecule is CSc1nc(C(=O)O)c(CC(C)C)[nH]1. The molecule has 5 heteroatoms. The summed E-state index contributed by atoms with van der Waals surface area (Å²) in [7, 11) is 0. The zero-order chi connectivity index (χ0) is 10.7. The minimum atomic E-state index is -0.961. The molecule has 1 heterocycles. The van der Waals surface area contributed by atoms with Crippen LogP contribution in [0.25, 0.3) is 0 Å². The number of hydrogen-bond donors (Lipinski definition) is 2. The molecule has 2 N–H and O–H groups in total. The molecule has 0 aliphatic carbocycles. The predicted molar refractivity (Wildman–Crippen MR) is 55.9 cm³/mol. The van der Waals surface area contributed by atoms with E-state index >= 15 is 0 Å². The average molecular weight is 214 g/mol. The Bertz CT molecular complexity index is 334. The number of aromatic nitrogens is 2. The second kappa shape index (κ2) is 4.50. The Morgan fingerprint density at radius 1 is 1.64 bits per heavy atom. The van der Waals surface area contributed by atoms with Crippen molar-refractivity contribution in [2.24, 2.45) is 5.92 Å². The lowest BCUT2D eigenvalue weighted by molar-refractivity contribution is 0.0689. The molecule has 14 heavy (non-hydrogen) atoms. The summed E-state index contributed by atoms with van der Waals surface area (Å²) in [6, 6.07) is 0. The number of aromatic carboxylic acids is 1. The van der Waals surface area contributed by atoms with E-state index in [1.807, 2.05) is 20.1 Å². The van der Waals surface area contributed by atoms with Crippen LogP contribution in [-0.4, -0.2) is 27.3 Å². The maximum atomic E-state index is 10.8. The molecule has 0 fully saturated rings. The summed E-state index contributed by atoms with van der Waals surface area (Å²) in [6.45, 7) is 4.09. The van der Waals surface area contributed by atoms with Crippen LogP contribution >= 0.6 is 11.8 Å². The number of nitrogens with one attached hydrogen (secondary N) is 1. The monoisotopic (exact) mass is 214 g/mol. The molecule has 0 radical (unpaired) electrons. The smallest absolute Gasteiger partial charge is 0.356 e. The van der Waals surface area contributed by atoms with Gasteiger partial charge in [-0.1, -0.05) is 25.6 Å². The van der Waals surface area contributed by atoms with Crippen LogP contribution in [0.5, 0.6) is 0 Å².